The van der Waals surface area contributed by atoms with Gasteiger partial charge in [0.1, 0.15) is 6.10 Å². The van der Waals surface area contributed by atoms with Crippen LogP contribution in [0.5, 0.6) is 11.5 Å². The van der Waals surface area contributed by atoms with Crippen LogP contribution >= 0.6 is 0 Å². The molecule has 0 amide bonds. The van der Waals surface area contributed by atoms with Gasteiger partial charge >= 0.3 is 0 Å². The molecule has 4 nitrogen and oxygen atoms in total. The fourth-order valence-corrected chi connectivity index (χ4v) is 4.56. The predicted molar refractivity (Wildman–Crippen MR) is 93.7 cm³/mol. The van der Waals surface area contributed by atoms with Crippen molar-refractivity contribution in [3.63, 3.8) is 0 Å². The number of aliphatic hydroxyl groups excluding tert-OH is 1. The molecule has 1 aromatic rings. The second kappa shape index (κ2) is 5.64. The summed E-state index contributed by atoms with van der Waals surface area (Å²) in [6, 6.07) is 2.08. The third-order valence-corrected chi connectivity index (χ3v) is 5.78. The second-order valence-electron chi connectivity index (χ2n) is 7.16. The normalized spacial score (nSPS) is 31.0. The molecule has 0 saturated heterocycles. The molecule has 4 rings (SSSR count). The van der Waals surface area contributed by atoms with Gasteiger partial charge in [-0.25, -0.2) is 0 Å². The Morgan fingerprint density at radius 1 is 1.54 bits per heavy atom. The summed E-state index contributed by atoms with van der Waals surface area (Å²) in [5, 5.41) is 10.1. The zero-order valence-corrected chi connectivity index (χ0v) is 14.4. The van der Waals surface area contributed by atoms with E-state index < -0.39 is 6.10 Å². The van der Waals surface area contributed by atoms with Crippen LogP contribution in [0.2, 0.25) is 0 Å². The van der Waals surface area contributed by atoms with Gasteiger partial charge in [-0.05, 0) is 30.5 Å². The Labute approximate surface area is 143 Å². The van der Waals surface area contributed by atoms with Gasteiger partial charge < -0.3 is 14.6 Å². The summed E-state index contributed by atoms with van der Waals surface area (Å²) in [4.78, 5) is 2.44. The van der Waals surface area contributed by atoms with E-state index in [9.17, 15) is 5.11 Å². The van der Waals surface area contributed by atoms with E-state index in [0.29, 0.717) is 6.42 Å². The van der Waals surface area contributed by atoms with Gasteiger partial charge in [0.25, 0.3) is 0 Å². The molecule has 128 valence electrons. The molecule has 1 N–H and O–H groups in total. The number of ether oxygens (including phenoxy) is 2. The van der Waals surface area contributed by atoms with Crippen molar-refractivity contribution < 1.29 is 14.6 Å². The van der Waals surface area contributed by atoms with Crippen molar-refractivity contribution in [1.82, 2.24) is 4.90 Å². The third kappa shape index (κ3) is 2.13. The van der Waals surface area contributed by atoms with E-state index in [4.69, 9.17) is 9.47 Å². The van der Waals surface area contributed by atoms with Crippen molar-refractivity contribution in [2.75, 3.05) is 20.2 Å². The average molecular weight is 327 g/mol. The summed E-state index contributed by atoms with van der Waals surface area (Å²) in [5.74, 6) is 1.68. The first-order valence-corrected chi connectivity index (χ1v) is 8.67. The maximum Gasteiger partial charge on any atom is 0.166 e. The van der Waals surface area contributed by atoms with Crippen LogP contribution in [0.1, 0.15) is 29.5 Å². The lowest BCUT2D eigenvalue weighted by Crippen LogP contribution is -2.43. The lowest BCUT2D eigenvalue weighted by Gasteiger charge is -2.36. The summed E-state index contributed by atoms with van der Waals surface area (Å²) in [6.07, 6.45) is 7.27. The summed E-state index contributed by atoms with van der Waals surface area (Å²) < 4.78 is 12.0. The molecule has 1 spiro atoms. The van der Waals surface area contributed by atoms with Crippen LogP contribution in [0.25, 0.3) is 0 Å². The van der Waals surface area contributed by atoms with Gasteiger partial charge in [0, 0.05) is 31.6 Å². The number of hydrogen-bond donors (Lipinski definition) is 1. The van der Waals surface area contributed by atoms with Gasteiger partial charge in [-0.1, -0.05) is 18.2 Å². The van der Waals surface area contributed by atoms with Crippen LogP contribution in [-0.2, 0) is 12.0 Å². The minimum absolute atomic E-state index is 0.0226. The maximum absolute atomic E-state index is 10.1. The van der Waals surface area contributed by atoms with Gasteiger partial charge in [-0.3, -0.25) is 4.90 Å². The first-order chi connectivity index (χ1) is 11.6. The number of methoxy groups -OCH3 is 1. The van der Waals surface area contributed by atoms with E-state index in [-0.39, 0.29) is 11.5 Å². The van der Waals surface area contributed by atoms with E-state index in [0.717, 1.165) is 37.6 Å². The zero-order chi connectivity index (χ0) is 16.9. The van der Waals surface area contributed by atoms with Crippen LogP contribution in [0.4, 0.5) is 0 Å². The minimum Gasteiger partial charge on any atom is -0.493 e. The maximum atomic E-state index is 10.1. The molecule has 24 heavy (non-hydrogen) atoms. The first-order valence-electron chi connectivity index (χ1n) is 8.67. The van der Waals surface area contributed by atoms with E-state index in [1.165, 1.54) is 16.7 Å². The largest absolute Gasteiger partial charge is 0.493 e. The van der Waals surface area contributed by atoms with Gasteiger partial charge in [0.2, 0.25) is 0 Å². The Morgan fingerprint density at radius 3 is 3.12 bits per heavy atom. The summed E-state index contributed by atoms with van der Waals surface area (Å²) in [5.41, 5.74) is 3.71. The molecule has 0 radical (unpaired) electrons. The molecule has 2 aliphatic heterocycles. The summed E-state index contributed by atoms with van der Waals surface area (Å²) in [7, 11) is 1.70. The third-order valence-electron chi connectivity index (χ3n) is 5.78. The van der Waals surface area contributed by atoms with Crippen molar-refractivity contribution in [2.24, 2.45) is 0 Å². The van der Waals surface area contributed by atoms with E-state index in [2.05, 4.69) is 30.5 Å². The highest BCUT2D eigenvalue weighted by atomic mass is 16.5. The molecule has 0 saturated carbocycles. The molecule has 4 heteroatoms. The number of hydrogen-bond acceptors (Lipinski definition) is 4. The van der Waals surface area contributed by atoms with Crippen molar-refractivity contribution in [1.29, 1.82) is 0 Å². The monoisotopic (exact) mass is 327 g/mol. The molecule has 3 atom stereocenters. The van der Waals surface area contributed by atoms with Crippen molar-refractivity contribution in [2.45, 2.75) is 43.9 Å². The quantitative estimate of drug-likeness (QED) is 0.867. The highest BCUT2D eigenvalue weighted by molar-refractivity contribution is 5.63. The molecule has 0 aromatic heterocycles. The highest BCUT2D eigenvalue weighted by Crippen LogP contribution is 2.56. The van der Waals surface area contributed by atoms with Gasteiger partial charge in [0.05, 0.1) is 18.6 Å². The van der Waals surface area contributed by atoms with Crippen LogP contribution in [0.3, 0.4) is 0 Å². The molecular weight excluding hydrogens is 302 g/mol. The molecule has 1 aromatic carbocycles. The Kier molecular flexibility index (Phi) is 3.70. The Bertz CT molecular complexity index is 711. The Hall–Kier alpha value is -1.78. The summed E-state index contributed by atoms with van der Waals surface area (Å²) in [6.45, 7) is 8.82. The summed E-state index contributed by atoms with van der Waals surface area (Å²) >= 11 is 0. The number of aliphatic hydroxyl groups is 1. The van der Waals surface area contributed by atoms with Crippen molar-refractivity contribution in [3.8, 4) is 11.5 Å². The van der Waals surface area contributed by atoms with Crippen LogP contribution < -0.4 is 9.47 Å². The van der Waals surface area contributed by atoms with Crippen molar-refractivity contribution in [3.05, 3.63) is 47.6 Å². The smallest absolute Gasteiger partial charge is 0.166 e. The number of benzene rings is 1. The average Bonchev–Trinajstić information content (AvgIpc) is 2.79. The molecule has 1 aliphatic carbocycles. The first kappa shape index (κ1) is 15.7. The fourth-order valence-electron chi connectivity index (χ4n) is 4.56. The topological polar surface area (TPSA) is 41.9 Å². The SMILES string of the molecule is C=CCN1CC[C@@]23C=C[C@@H](O)C[C@H]2Oc2c(OC)cc(C)c(c23)C1. The Balaban J connectivity index is 1.93. The highest BCUT2D eigenvalue weighted by Gasteiger charge is 2.53. The van der Waals surface area contributed by atoms with Crippen molar-refractivity contribution >= 4 is 0 Å². The molecular formula is C20H25NO3. The molecule has 0 unspecified atom stereocenters. The second-order valence-corrected chi connectivity index (χ2v) is 7.16. The van der Waals surface area contributed by atoms with Gasteiger partial charge in [-0.2, -0.15) is 0 Å². The Morgan fingerprint density at radius 2 is 2.38 bits per heavy atom. The van der Waals surface area contributed by atoms with Crippen LogP contribution in [0, 0.1) is 6.92 Å². The van der Waals surface area contributed by atoms with E-state index >= 15 is 0 Å². The van der Waals surface area contributed by atoms with Gasteiger partial charge in [-0.15, -0.1) is 6.58 Å². The van der Waals surface area contributed by atoms with Crippen LogP contribution in [-0.4, -0.2) is 42.4 Å². The fraction of sp³-hybridized carbons (Fsp3) is 0.500. The standard InChI is InChI=1S/C20H25NO3/c1-4-8-21-9-7-20-6-5-14(22)11-17(20)24-19-16(23-3)10-13(2)15(12-21)18(19)20/h4-6,10,14,17,22H,1,7-9,11-12H2,2-3H3/t14-,17-,20+/m1/s1. The predicted octanol–water partition coefficient (Wildman–Crippen LogP) is 2.71. The lowest BCUT2D eigenvalue weighted by atomic mass is 9.68. The lowest BCUT2D eigenvalue weighted by molar-refractivity contribution is 0.0816. The van der Waals surface area contributed by atoms with Crippen LogP contribution in [0.15, 0.2) is 30.9 Å². The molecule has 2 heterocycles. The van der Waals surface area contributed by atoms with E-state index in [1.54, 1.807) is 7.11 Å². The number of aryl methyl sites for hydroxylation is 1. The minimum atomic E-state index is -0.432. The molecule has 0 bridgehead atoms. The molecule has 3 aliphatic rings. The number of nitrogens with zero attached hydrogens (tertiary/aromatic N) is 1. The van der Waals surface area contributed by atoms with E-state index in [1.807, 2.05) is 12.2 Å². The molecule has 0 fully saturated rings. The number of rotatable bonds is 3. The zero-order valence-electron chi connectivity index (χ0n) is 14.4. The van der Waals surface area contributed by atoms with Gasteiger partial charge in [0.15, 0.2) is 11.5 Å².